The molecule has 0 amide bonds. The van der Waals surface area contributed by atoms with Gasteiger partial charge in [-0.15, -0.1) is 0 Å². The van der Waals surface area contributed by atoms with Gasteiger partial charge >= 0.3 is 5.97 Å². The average Bonchev–Trinajstić information content (AvgIpc) is 2.17. The van der Waals surface area contributed by atoms with Crippen molar-refractivity contribution in [2.45, 2.75) is 6.42 Å². The summed E-state index contributed by atoms with van der Waals surface area (Å²) in [7, 11) is 0. The number of hydrogen-bond acceptors (Lipinski definition) is 3. The molecule has 0 bridgehead atoms. The van der Waals surface area contributed by atoms with E-state index in [0.717, 1.165) is 0 Å². The maximum Gasteiger partial charge on any atom is 0.307 e. The Morgan fingerprint density at radius 1 is 1.53 bits per heavy atom. The molecule has 0 radical (unpaired) electrons. The Morgan fingerprint density at radius 2 is 2.27 bits per heavy atom. The molecule has 0 aromatic heterocycles. The topological polar surface area (TPSA) is 80.4 Å². The fraction of sp³-hybridized carbons (Fsp3) is 0.100. The van der Waals surface area contributed by atoms with Gasteiger partial charge in [-0.1, -0.05) is 24.3 Å². The molecular weight excluding hydrogens is 198 g/mol. The number of aliphatic carboxylic acids is 1. The summed E-state index contributed by atoms with van der Waals surface area (Å²) >= 11 is 0. The smallest absolute Gasteiger partial charge is 0.307 e. The number of non-ortho nitro benzene ring substituents is 1. The lowest BCUT2D eigenvalue weighted by molar-refractivity contribution is -0.384. The highest BCUT2D eigenvalue weighted by atomic mass is 16.6. The molecule has 1 aromatic carbocycles. The molecule has 1 rings (SSSR count). The first kappa shape index (κ1) is 10.9. The van der Waals surface area contributed by atoms with Gasteiger partial charge in [-0.2, -0.15) is 0 Å². The van der Waals surface area contributed by atoms with Crippen LogP contribution in [-0.4, -0.2) is 16.0 Å². The van der Waals surface area contributed by atoms with Gasteiger partial charge in [0, 0.05) is 12.1 Å². The third kappa shape index (κ3) is 3.60. The van der Waals surface area contributed by atoms with Crippen LogP contribution in [-0.2, 0) is 4.79 Å². The monoisotopic (exact) mass is 207 g/mol. The number of hydrogen-bond donors (Lipinski definition) is 1. The number of nitro benzene ring substituents is 1. The largest absolute Gasteiger partial charge is 0.481 e. The first-order valence-electron chi connectivity index (χ1n) is 4.22. The number of rotatable bonds is 4. The Bertz CT molecular complexity index is 412. The Labute approximate surface area is 85.8 Å². The van der Waals surface area contributed by atoms with Crippen LogP contribution in [0, 0.1) is 10.1 Å². The van der Waals surface area contributed by atoms with Crippen LogP contribution in [0.4, 0.5) is 5.69 Å². The van der Waals surface area contributed by atoms with E-state index in [2.05, 4.69) is 0 Å². The second kappa shape index (κ2) is 4.90. The molecule has 0 fully saturated rings. The highest BCUT2D eigenvalue weighted by Crippen LogP contribution is 2.14. The van der Waals surface area contributed by atoms with Gasteiger partial charge in [-0.05, 0) is 5.56 Å². The first-order chi connectivity index (χ1) is 7.09. The summed E-state index contributed by atoms with van der Waals surface area (Å²) in [5.41, 5.74) is 0.609. The Hall–Kier alpha value is -2.17. The molecule has 0 atom stereocenters. The third-order valence-corrected chi connectivity index (χ3v) is 1.68. The average molecular weight is 207 g/mol. The van der Waals surface area contributed by atoms with Crippen molar-refractivity contribution in [1.29, 1.82) is 0 Å². The third-order valence-electron chi connectivity index (χ3n) is 1.68. The predicted molar refractivity (Wildman–Crippen MR) is 54.4 cm³/mol. The van der Waals surface area contributed by atoms with Gasteiger partial charge in [0.05, 0.1) is 11.3 Å². The lowest BCUT2D eigenvalue weighted by atomic mass is 10.2. The molecule has 1 aromatic rings. The minimum atomic E-state index is -0.934. The Balaban J connectivity index is 2.78. The SMILES string of the molecule is O=C(O)C/C=C/c1cccc([N+](=O)[O-])c1. The fourth-order valence-electron chi connectivity index (χ4n) is 1.04. The van der Waals surface area contributed by atoms with Crippen molar-refractivity contribution < 1.29 is 14.8 Å². The van der Waals surface area contributed by atoms with Crippen LogP contribution in [0.3, 0.4) is 0 Å². The van der Waals surface area contributed by atoms with Crippen molar-refractivity contribution in [3.63, 3.8) is 0 Å². The quantitative estimate of drug-likeness (QED) is 0.605. The first-order valence-corrected chi connectivity index (χ1v) is 4.22. The van der Waals surface area contributed by atoms with E-state index in [1.165, 1.54) is 18.2 Å². The van der Waals surface area contributed by atoms with Crippen LogP contribution in [0.5, 0.6) is 0 Å². The molecule has 0 aliphatic rings. The summed E-state index contributed by atoms with van der Waals surface area (Å²) in [5, 5.41) is 18.8. The van der Waals surface area contributed by atoms with Gasteiger partial charge in [-0.3, -0.25) is 14.9 Å². The molecule has 0 aliphatic carbocycles. The van der Waals surface area contributed by atoms with Crippen LogP contribution in [0.15, 0.2) is 30.3 Å². The lowest BCUT2D eigenvalue weighted by Crippen LogP contribution is -1.90. The molecule has 0 saturated carbocycles. The molecule has 15 heavy (non-hydrogen) atoms. The van der Waals surface area contributed by atoms with Gasteiger partial charge in [-0.25, -0.2) is 0 Å². The van der Waals surface area contributed by atoms with Gasteiger partial charge in [0.15, 0.2) is 0 Å². The van der Waals surface area contributed by atoms with E-state index in [-0.39, 0.29) is 12.1 Å². The number of carbonyl (C=O) groups is 1. The van der Waals surface area contributed by atoms with E-state index in [4.69, 9.17) is 5.11 Å². The highest BCUT2D eigenvalue weighted by Gasteiger charge is 2.03. The molecule has 0 heterocycles. The standard InChI is InChI=1S/C10H9NO4/c12-10(13)6-2-4-8-3-1-5-9(7-8)11(14)15/h1-5,7H,6H2,(H,12,13)/b4-2+. The summed E-state index contributed by atoms with van der Waals surface area (Å²) in [4.78, 5) is 20.1. The lowest BCUT2D eigenvalue weighted by Gasteiger charge is -1.93. The van der Waals surface area contributed by atoms with Crippen LogP contribution in [0.2, 0.25) is 0 Å². The number of carboxylic acids is 1. The van der Waals surface area contributed by atoms with E-state index in [1.54, 1.807) is 18.2 Å². The van der Waals surface area contributed by atoms with Crippen LogP contribution in [0.25, 0.3) is 6.08 Å². The van der Waals surface area contributed by atoms with Gasteiger partial charge in [0.2, 0.25) is 0 Å². The molecule has 78 valence electrons. The summed E-state index contributed by atoms with van der Waals surface area (Å²) in [6.45, 7) is 0. The second-order valence-corrected chi connectivity index (χ2v) is 2.85. The summed E-state index contributed by atoms with van der Waals surface area (Å²) in [5.74, 6) is -0.934. The zero-order chi connectivity index (χ0) is 11.3. The van der Waals surface area contributed by atoms with Crippen molar-refractivity contribution >= 4 is 17.7 Å². The van der Waals surface area contributed by atoms with Crippen LogP contribution in [0.1, 0.15) is 12.0 Å². The number of benzene rings is 1. The van der Waals surface area contributed by atoms with Crippen molar-refractivity contribution in [2.75, 3.05) is 0 Å². The summed E-state index contributed by atoms with van der Waals surface area (Å²) in [6.07, 6.45) is 2.89. The molecular formula is C10H9NO4. The molecule has 5 heteroatoms. The van der Waals surface area contributed by atoms with Crippen molar-refractivity contribution in [1.82, 2.24) is 0 Å². The molecule has 0 aliphatic heterocycles. The van der Waals surface area contributed by atoms with Gasteiger partial charge in [0.25, 0.3) is 5.69 Å². The van der Waals surface area contributed by atoms with E-state index in [9.17, 15) is 14.9 Å². The van der Waals surface area contributed by atoms with Gasteiger partial charge in [0.1, 0.15) is 0 Å². The number of nitrogens with zero attached hydrogens (tertiary/aromatic N) is 1. The van der Waals surface area contributed by atoms with E-state index >= 15 is 0 Å². The molecule has 0 spiro atoms. The van der Waals surface area contributed by atoms with Crippen molar-refractivity contribution in [2.24, 2.45) is 0 Å². The van der Waals surface area contributed by atoms with E-state index in [0.29, 0.717) is 5.56 Å². The molecule has 0 unspecified atom stereocenters. The number of carboxylic acid groups (broad SMARTS) is 1. The zero-order valence-corrected chi connectivity index (χ0v) is 7.79. The maximum atomic E-state index is 10.4. The minimum Gasteiger partial charge on any atom is -0.481 e. The molecule has 0 saturated heterocycles. The van der Waals surface area contributed by atoms with E-state index in [1.807, 2.05) is 0 Å². The molecule has 5 nitrogen and oxygen atoms in total. The van der Waals surface area contributed by atoms with Crippen molar-refractivity contribution in [3.8, 4) is 0 Å². The fourth-order valence-corrected chi connectivity index (χ4v) is 1.04. The second-order valence-electron chi connectivity index (χ2n) is 2.85. The molecule has 1 N–H and O–H groups in total. The minimum absolute atomic E-state index is 0.00697. The normalized spacial score (nSPS) is 10.4. The van der Waals surface area contributed by atoms with Crippen LogP contribution >= 0.6 is 0 Å². The Morgan fingerprint density at radius 3 is 2.87 bits per heavy atom. The van der Waals surface area contributed by atoms with Gasteiger partial charge < -0.3 is 5.11 Å². The maximum absolute atomic E-state index is 10.4. The number of nitro groups is 1. The van der Waals surface area contributed by atoms with E-state index < -0.39 is 10.9 Å². The predicted octanol–water partition coefficient (Wildman–Crippen LogP) is 2.08. The van der Waals surface area contributed by atoms with Crippen molar-refractivity contribution in [3.05, 3.63) is 46.0 Å². The van der Waals surface area contributed by atoms with Crippen LogP contribution < -0.4 is 0 Å². The highest BCUT2D eigenvalue weighted by molar-refractivity contribution is 5.70. The summed E-state index contributed by atoms with van der Waals surface area (Å²) in [6, 6.07) is 6.00. The zero-order valence-electron chi connectivity index (χ0n) is 7.79. The Kier molecular flexibility index (Phi) is 3.56. The summed E-state index contributed by atoms with van der Waals surface area (Å²) < 4.78 is 0.